The van der Waals surface area contributed by atoms with Crippen LogP contribution in [-0.2, 0) is 4.29 Å². The number of hydrogen-bond acceptors (Lipinski definition) is 2. The summed E-state index contributed by atoms with van der Waals surface area (Å²) in [4.78, 5) is 0. The number of terminal acetylenes is 1. The van der Waals surface area contributed by atoms with Gasteiger partial charge in [-0.15, -0.1) is 6.42 Å². The molecule has 0 amide bonds. The van der Waals surface area contributed by atoms with Crippen molar-refractivity contribution in [3.05, 3.63) is 0 Å². The van der Waals surface area contributed by atoms with Gasteiger partial charge in [0.1, 0.15) is 0 Å². The van der Waals surface area contributed by atoms with Crippen LogP contribution in [0.4, 0.5) is 0 Å². The van der Waals surface area contributed by atoms with Crippen molar-refractivity contribution in [2.24, 2.45) is 5.73 Å². The second kappa shape index (κ2) is 6.77. The van der Waals surface area contributed by atoms with E-state index in [-0.39, 0.29) is 29.6 Å². The first-order valence-corrected chi connectivity index (χ1v) is 1.61. The summed E-state index contributed by atoms with van der Waals surface area (Å²) >= 11 is 4.68. The molecule has 2 nitrogen and oxygen atoms in total. The molecule has 0 bridgehead atoms. The van der Waals surface area contributed by atoms with Gasteiger partial charge in [0.15, 0.2) is 6.23 Å². The molecule has 0 heterocycles. The monoisotopic (exact) mass is 129 g/mol. The van der Waals surface area contributed by atoms with Gasteiger partial charge in [0.05, 0.1) is 11.9 Å². The second-order valence-electron chi connectivity index (χ2n) is 0.676. The molecule has 0 spiro atoms. The number of nitrogens with two attached hydrogens (primary N) is 1. The van der Waals surface area contributed by atoms with Crippen LogP contribution in [-0.4, -0.2) is 35.8 Å². The van der Waals surface area contributed by atoms with Crippen molar-refractivity contribution >= 4 is 41.4 Å². The topological polar surface area (TPSA) is 35.2 Å². The molecule has 0 aliphatic rings. The van der Waals surface area contributed by atoms with Crippen LogP contribution < -0.4 is 5.73 Å². The first kappa shape index (κ1) is 10.7. The van der Waals surface area contributed by atoms with E-state index >= 15 is 0 Å². The normalized spacial score (nSPS) is 11.0. The molecule has 0 aliphatic heterocycles. The van der Waals surface area contributed by atoms with Gasteiger partial charge in [-0.25, -0.2) is 4.29 Å². The van der Waals surface area contributed by atoms with Gasteiger partial charge in [-0.05, 0) is 0 Å². The number of halogens is 1. The molecule has 0 saturated heterocycles. The van der Waals surface area contributed by atoms with Crippen LogP contribution in [0.15, 0.2) is 0 Å². The Balaban J connectivity index is 0. The van der Waals surface area contributed by atoms with E-state index in [2.05, 4.69) is 16.2 Å². The van der Waals surface area contributed by atoms with Gasteiger partial charge in [-0.1, -0.05) is 5.92 Å². The van der Waals surface area contributed by atoms with E-state index in [1.165, 1.54) is 0 Å². The molecule has 0 aliphatic carbocycles. The molecule has 1 atom stereocenters. The average molecular weight is 130 g/mol. The molecule has 0 fully saturated rings. The van der Waals surface area contributed by atoms with Crippen molar-refractivity contribution in [2.75, 3.05) is 0 Å². The molecule has 4 heteroatoms. The minimum atomic E-state index is -0.772. The van der Waals surface area contributed by atoms with Gasteiger partial charge >= 0.3 is 29.6 Å². The summed E-state index contributed by atoms with van der Waals surface area (Å²) < 4.78 is 3.91. The van der Waals surface area contributed by atoms with Gasteiger partial charge < -0.3 is 0 Å². The molecular formula is C3H5ClNNaO. The Morgan fingerprint density at radius 1 is 1.86 bits per heavy atom. The molecule has 1 unspecified atom stereocenters. The van der Waals surface area contributed by atoms with Crippen molar-refractivity contribution in [1.82, 2.24) is 0 Å². The summed E-state index contributed by atoms with van der Waals surface area (Å²) in [5.74, 6) is 2.04. The van der Waals surface area contributed by atoms with Crippen molar-refractivity contribution in [3.63, 3.8) is 0 Å². The summed E-state index contributed by atoms with van der Waals surface area (Å²) in [5.41, 5.74) is 4.88. The molecular weight excluding hydrogens is 124 g/mol. The van der Waals surface area contributed by atoms with E-state index in [4.69, 9.17) is 12.2 Å². The molecule has 0 saturated carbocycles. The van der Waals surface area contributed by atoms with Crippen molar-refractivity contribution in [3.8, 4) is 12.3 Å². The zero-order chi connectivity index (χ0) is 4.99. The van der Waals surface area contributed by atoms with Gasteiger partial charge in [0, 0.05) is 0 Å². The Hall–Kier alpha value is 0.770. The summed E-state index contributed by atoms with van der Waals surface area (Å²) in [7, 11) is 0. The van der Waals surface area contributed by atoms with Crippen LogP contribution in [0.2, 0.25) is 0 Å². The quantitative estimate of drug-likeness (QED) is 0.292. The van der Waals surface area contributed by atoms with Crippen LogP contribution in [0.1, 0.15) is 0 Å². The SMILES string of the molecule is C#CC(N)OCl.[NaH]. The van der Waals surface area contributed by atoms with E-state index in [1.807, 2.05) is 5.92 Å². The molecule has 0 radical (unpaired) electrons. The Labute approximate surface area is 69.8 Å². The average Bonchev–Trinajstić information content (AvgIpc) is 1.65. The van der Waals surface area contributed by atoms with E-state index in [1.54, 1.807) is 0 Å². The van der Waals surface area contributed by atoms with E-state index in [0.29, 0.717) is 0 Å². The maximum absolute atomic E-state index is 4.88. The fraction of sp³-hybridized carbons (Fsp3) is 0.333. The zero-order valence-corrected chi connectivity index (χ0v) is 3.77. The summed E-state index contributed by atoms with van der Waals surface area (Å²) in [5, 5.41) is 0. The molecule has 0 rings (SSSR count). The second-order valence-corrected chi connectivity index (χ2v) is 0.855. The molecule has 2 N–H and O–H groups in total. The summed E-state index contributed by atoms with van der Waals surface area (Å²) in [6.07, 6.45) is 3.93. The predicted octanol–water partition coefficient (Wildman–Crippen LogP) is -0.574. The Kier molecular flexibility index (Phi) is 10.3. The van der Waals surface area contributed by atoms with Crippen LogP contribution in [0.5, 0.6) is 0 Å². The first-order chi connectivity index (χ1) is 2.81. The van der Waals surface area contributed by atoms with E-state index < -0.39 is 6.23 Å². The van der Waals surface area contributed by atoms with Gasteiger partial charge in [0.25, 0.3) is 0 Å². The molecule has 36 valence electrons. The third kappa shape index (κ3) is 6.77. The van der Waals surface area contributed by atoms with Gasteiger partial charge in [-0.3, -0.25) is 5.73 Å². The van der Waals surface area contributed by atoms with Crippen LogP contribution >= 0.6 is 11.9 Å². The molecule has 7 heavy (non-hydrogen) atoms. The van der Waals surface area contributed by atoms with Crippen LogP contribution in [0.25, 0.3) is 0 Å². The molecule has 0 aromatic carbocycles. The summed E-state index contributed by atoms with van der Waals surface area (Å²) in [6.45, 7) is 0. The minimum absolute atomic E-state index is 0. The maximum atomic E-state index is 4.88. The number of hydrogen-bond donors (Lipinski definition) is 1. The van der Waals surface area contributed by atoms with Crippen molar-refractivity contribution < 1.29 is 4.29 Å². The molecule has 0 aromatic heterocycles. The van der Waals surface area contributed by atoms with E-state index in [9.17, 15) is 0 Å². The van der Waals surface area contributed by atoms with E-state index in [0.717, 1.165) is 0 Å². The summed E-state index contributed by atoms with van der Waals surface area (Å²) in [6, 6.07) is 0. The predicted molar refractivity (Wildman–Crippen MR) is 30.9 cm³/mol. The Morgan fingerprint density at radius 2 is 2.29 bits per heavy atom. The standard InChI is InChI=1S/C3H4ClNO.Na.H/c1-2-3(5)6-4;;/h1,3H,5H2;;. The zero-order valence-electron chi connectivity index (χ0n) is 3.02. The van der Waals surface area contributed by atoms with Crippen molar-refractivity contribution in [1.29, 1.82) is 0 Å². The third-order valence-electron chi connectivity index (χ3n) is 0.260. The third-order valence-corrected chi connectivity index (χ3v) is 0.452. The fourth-order valence-corrected chi connectivity index (χ4v) is 0.0772. The van der Waals surface area contributed by atoms with Gasteiger partial charge in [0.2, 0.25) is 0 Å². The Morgan fingerprint density at radius 3 is 2.29 bits per heavy atom. The van der Waals surface area contributed by atoms with Gasteiger partial charge in [-0.2, -0.15) is 0 Å². The molecule has 0 aromatic rings. The van der Waals surface area contributed by atoms with Crippen molar-refractivity contribution in [2.45, 2.75) is 6.23 Å². The number of rotatable bonds is 1. The van der Waals surface area contributed by atoms with Crippen LogP contribution in [0.3, 0.4) is 0 Å². The Bertz CT molecular complexity index is 71.8. The first-order valence-electron chi connectivity index (χ1n) is 1.30. The fourth-order valence-electron chi connectivity index (χ4n) is 0.0257. The van der Waals surface area contributed by atoms with Crippen LogP contribution in [0, 0.1) is 12.3 Å².